The molecule has 1 fully saturated rings. The first kappa shape index (κ1) is 21.9. The summed E-state index contributed by atoms with van der Waals surface area (Å²) < 4.78 is 10.7. The third kappa shape index (κ3) is 5.11. The highest BCUT2D eigenvalue weighted by Crippen LogP contribution is 2.26. The Labute approximate surface area is 188 Å². The van der Waals surface area contributed by atoms with Gasteiger partial charge in [0.1, 0.15) is 17.3 Å². The molecule has 2 heterocycles. The summed E-state index contributed by atoms with van der Waals surface area (Å²) in [5.74, 6) is 2.17. The molecule has 32 heavy (non-hydrogen) atoms. The number of hydrogen-bond acceptors (Lipinski definition) is 6. The summed E-state index contributed by atoms with van der Waals surface area (Å²) in [6.07, 6.45) is 0. The van der Waals surface area contributed by atoms with Crippen molar-refractivity contribution in [1.29, 1.82) is 0 Å². The molecule has 0 aliphatic carbocycles. The van der Waals surface area contributed by atoms with Crippen LogP contribution in [0.25, 0.3) is 10.9 Å². The van der Waals surface area contributed by atoms with Crippen molar-refractivity contribution in [3.8, 4) is 11.5 Å². The molecule has 0 atom stereocenters. The number of rotatable bonds is 7. The van der Waals surface area contributed by atoms with Crippen LogP contribution >= 0.6 is 0 Å². The third-order valence-electron chi connectivity index (χ3n) is 5.86. The van der Waals surface area contributed by atoms with E-state index in [1.165, 1.54) is 0 Å². The van der Waals surface area contributed by atoms with Gasteiger partial charge in [-0.05, 0) is 67.6 Å². The molecule has 1 aromatic heterocycles. The minimum Gasteiger partial charge on any atom is -0.497 e. The molecular weight excluding hydrogens is 404 g/mol. The minimum atomic E-state index is -0.212. The first-order chi connectivity index (χ1) is 15.6. The fourth-order valence-corrected chi connectivity index (χ4v) is 3.93. The predicted molar refractivity (Wildman–Crippen MR) is 128 cm³/mol. The number of ether oxygens (including phenoxy) is 2. The van der Waals surface area contributed by atoms with Gasteiger partial charge in [-0.2, -0.15) is 0 Å². The number of fused-ring (bicyclic) bond motifs is 1. The second-order valence-corrected chi connectivity index (χ2v) is 7.96. The lowest BCUT2D eigenvalue weighted by Gasteiger charge is -2.35. The number of piperazine rings is 1. The van der Waals surface area contributed by atoms with Crippen molar-refractivity contribution in [2.75, 3.05) is 56.7 Å². The zero-order valence-electron chi connectivity index (χ0n) is 18.9. The first-order valence-electron chi connectivity index (χ1n) is 11.0. The number of likely N-dealkylation sites (N-methyl/N-ethyl adjacent to an activating group) is 1. The van der Waals surface area contributed by atoms with Gasteiger partial charge < -0.3 is 24.6 Å². The number of methoxy groups -OCH3 is 1. The number of hydrogen-bond donors (Lipinski definition) is 1. The topological polar surface area (TPSA) is 66.9 Å². The van der Waals surface area contributed by atoms with Crippen molar-refractivity contribution in [1.82, 2.24) is 9.88 Å². The summed E-state index contributed by atoms with van der Waals surface area (Å²) in [4.78, 5) is 22.0. The van der Waals surface area contributed by atoms with Gasteiger partial charge in [0.25, 0.3) is 5.91 Å². The van der Waals surface area contributed by atoms with Gasteiger partial charge in [-0.3, -0.25) is 4.79 Å². The lowest BCUT2D eigenvalue weighted by Crippen LogP contribution is -2.46. The summed E-state index contributed by atoms with van der Waals surface area (Å²) >= 11 is 0. The monoisotopic (exact) mass is 434 g/mol. The SMILES string of the molecule is CCN1CCN(c2cc(C)c3cc(NC(=O)COc4ccc(OC)cc4)ccc3n2)CC1. The molecule has 168 valence electrons. The molecule has 1 aliphatic heterocycles. The van der Waals surface area contributed by atoms with Crippen LogP contribution in [0.3, 0.4) is 0 Å². The van der Waals surface area contributed by atoms with Crippen LogP contribution < -0.4 is 19.7 Å². The van der Waals surface area contributed by atoms with E-state index in [2.05, 4.69) is 35.0 Å². The maximum absolute atomic E-state index is 12.4. The Morgan fingerprint density at radius 1 is 1.03 bits per heavy atom. The van der Waals surface area contributed by atoms with Crippen molar-refractivity contribution in [3.63, 3.8) is 0 Å². The molecule has 1 saturated heterocycles. The molecule has 4 rings (SSSR count). The average molecular weight is 435 g/mol. The Bertz CT molecular complexity index is 1080. The van der Waals surface area contributed by atoms with Crippen LogP contribution in [0.2, 0.25) is 0 Å². The van der Waals surface area contributed by atoms with E-state index in [0.717, 1.165) is 66.4 Å². The standard InChI is InChI=1S/C25H30N4O3/c1-4-28-11-13-29(14-12-28)24-15-18(2)22-16-19(5-10-23(22)27-24)26-25(30)17-32-21-8-6-20(31-3)7-9-21/h5-10,15-16H,4,11-14,17H2,1-3H3,(H,26,30). The molecule has 7 heteroatoms. The number of nitrogens with one attached hydrogen (secondary N) is 1. The number of benzene rings is 2. The Hall–Kier alpha value is -3.32. The molecule has 1 aliphatic rings. The average Bonchev–Trinajstić information content (AvgIpc) is 2.83. The second kappa shape index (κ2) is 9.87. The molecule has 3 aromatic rings. The molecule has 0 radical (unpaired) electrons. The summed E-state index contributed by atoms with van der Waals surface area (Å²) in [6.45, 7) is 9.45. The number of carbonyl (C=O) groups excluding carboxylic acids is 1. The summed E-state index contributed by atoms with van der Waals surface area (Å²) in [6, 6.07) is 15.1. The first-order valence-corrected chi connectivity index (χ1v) is 11.0. The molecule has 0 unspecified atom stereocenters. The van der Waals surface area contributed by atoms with Gasteiger partial charge in [0.15, 0.2) is 6.61 Å². The number of anilines is 2. The molecule has 1 N–H and O–H groups in total. The van der Waals surface area contributed by atoms with Crippen LogP contribution in [0, 0.1) is 6.92 Å². The number of nitrogens with zero attached hydrogens (tertiary/aromatic N) is 3. The molecule has 0 saturated carbocycles. The van der Waals surface area contributed by atoms with E-state index in [-0.39, 0.29) is 12.5 Å². The summed E-state index contributed by atoms with van der Waals surface area (Å²) in [5.41, 5.74) is 2.81. The van der Waals surface area contributed by atoms with Crippen LogP contribution in [0.4, 0.5) is 11.5 Å². The van der Waals surface area contributed by atoms with E-state index in [0.29, 0.717) is 5.75 Å². The normalized spacial score (nSPS) is 14.4. The Morgan fingerprint density at radius 3 is 2.44 bits per heavy atom. The minimum absolute atomic E-state index is 0.0652. The van der Waals surface area contributed by atoms with Crippen LogP contribution in [-0.4, -0.2) is 62.2 Å². The summed E-state index contributed by atoms with van der Waals surface area (Å²) in [5, 5.41) is 3.95. The van der Waals surface area contributed by atoms with Crippen LogP contribution in [0.1, 0.15) is 12.5 Å². The summed E-state index contributed by atoms with van der Waals surface area (Å²) in [7, 11) is 1.61. The lowest BCUT2D eigenvalue weighted by atomic mass is 10.1. The number of aryl methyl sites for hydroxylation is 1. The molecule has 7 nitrogen and oxygen atoms in total. The number of amides is 1. The quantitative estimate of drug-likeness (QED) is 0.612. The molecular formula is C25H30N4O3. The highest BCUT2D eigenvalue weighted by molar-refractivity contribution is 5.95. The van der Waals surface area contributed by atoms with Gasteiger partial charge >= 0.3 is 0 Å². The van der Waals surface area contributed by atoms with Gasteiger partial charge in [0.05, 0.1) is 12.6 Å². The predicted octanol–water partition coefficient (Wildman–Crippen LogP) is 3.71. The fraction of sp³-hybridized carbons (Fsp3) is 0.360. The van der Waals surface area contributed by atoms with Gasteiger partial charge in [-0.25, -0.2) is 4.98 Å². The van der Waals surface area contributed by atoms with Crippen LogP contribution in [-0.2, 0) is 4.79 Å². The van der Waals surface area contributed by atoms with E-state index in [9.17, 15) is 4.79 Å². The van der Waals surface area contributed by atoms with Crippen molar-refractivity contribution >= 4 is 28.3 Å². The smallest absolute Gasteiger partial charge is 0.262 e. The largest absolute Gasteiger partial charge is 0.497 e. The molecule has 0 bridgehead atoms. The van der Waals surface area contributed by atoms with Crippen LogP contribution in [0.15, 0.2) is 48.5 Å². The maximum atomic E-state index is 12.4. The van der Waals surface area contributed by atoms with Crippen LogP contribution in [0.5, 0.6) is 11.5 Å². The number of aromatic nitrogens is 1. The molecule has 0 spiro atoms. The van der Waals surface area contributed by atoms with Crippen molar-refractivity contribution in [2.45, 2.75) is 13.8 Å². The lowest BCUT2D eigenvalue weighted by molar-refractivity contribution is -0.118. The zero-order chi connectivity index (χ0) is 22.5. The van der Waals surface area contributed by atoms with E-state index < -0.39 is 0 Å². The van der Waals surface area contributed by atoms with Gasteiger partial charge in [0.2, 0.25) is 0 Å². The van der Waals surface area contributed by atoms with E-state index >= 15 is 0 Å². The Morgan fingerprint density at radius 2 is 1.75 bits per heavy atom. The van der Waals surface area contributed by atoms with Crippen molar-refractivity contribution in [3.05, 3.63) is 54.1 Å². The Balaban J connectivity index is 1.40. The van der Waals surface area contributed by atoms with Crippen molar-refractivity contribution < 1.29 is 14.3 Å². The number of pyridine rings is 1. The molecule has 1 amide bonds. The van der Waals surface area contributed by atoms with E-state index in [4.69, 9.17) is 14.5 Å². The fourth-order valence-electron chi connectivity index (χ4n) is 3.93. The van der Waals surface area contributed by atoms with Gasteiger partial charge in [-0.15, -0.1) is 0 Å². The van der Waals surface area contributed by atoms with E-state index in [1.807, 2.05) is 18.2 Å². The maximum Gasteiger partial charge on any atom is 0.262 e. The van der Waals surface area contributed by atoms with Gasteiger partial charge in [-0.1, -0.05) is 6.92 Å². The van der Waals surface area contributed by atoms with Gasteiger partial charge in [0, 0.05) is 37.3 Å². The van der Waals surface area contributed by atoms with Crippen molar-refractivity contribution in [2.24, 2.45) is 0 Å². The van der Waals surface area contributed by atoms with E-state index in [1.54, 1.807) is 31.4 Å². The highest BCUT2D eigenvalue weighted by atomic mass is 16.5. The third-order valence-corrected chi connectivity index (χ3v) is 5.86. The molecule has 2 aromatic carbocycles. The number of carbonyl (C=O) groups is 1. The zero-order valence-corrected chi connectivity index (χ0v) is 18.9. The highest BCUT2D eigenvalue weighted by Gasteiger charge is 2.18. The Kier molecular flexibility index (Phi) is 6.75. The second-order valence-electron chi connectivity index (χ2n) is 7.96.